The number of carbonyl (C=O) groups is 1. The second-order valence-corrected chi connectivity index (χ2v) is 3.32. The van der Waals surface area contributed by atoms with Crippen LogP contribution in [0.2, 0.25) is 0 Å². The predicted molar refractivity (Wildman–Crippen MR) is 39.3 cm³/mol. The van der Waals surface area contributed by atoms with Gasteiger partial charge in [0.15, 0.2) is 0 Å². The fraction of sp³-hybridized carbons (Fsp3) is 0.857. The third kappa shape index (κ3) is 2.80. The Bertz CT molecular complexity index is 321. The summed E-state index contributed by atoms with van der Waals surface area (Å²) in [6, 6.07) is 0. The average Bonchev–Trinajstić information content (AvgIpc) is 2.12. The molecular formula is C7H6F9NO. The van der Waals surface area contributed by atoms with Crippen LogP contribution in [0.5, 0.6) is 0 Å². The maximum Gasteiger partial charge on any atom is 0.460 e. The Balaban J connectivity index is 5.29. The fourth-order valence-corrected chi connectivity index (χ4v) is 0.845. The lowest BCUT2D eigenvalue weighted by molar-refractivity contribution is -0.396. The van der Waals surface area contributed by atoms with Crippen LogP contribution in [-0.4, -0.2) is 29.9 Å². The normalized spacial score (nSPS) is 14.7. The van der Waals surface area contributed by atoms with Crippen molar-refractivity contribution >= 4 is 5.91 Å². The zero-order valence-electron chi connectivity index (χ0n) is 8.30. The topological polar surface area (TPSA) is 43.1 Å². The van der Waals surface area contributed by atoms with Crippen molar-refractivity contribution in [1.29, 1.82) is 0 Å². The van der Waals surface area contributed by atoms with Crippen molar-refractivity contribution in [3.05, 3.63) is 0 Å². The van der Waals surface area contributed by atoms with Crippen LogP contribution in [0, 0.1) is 0 Å². The van der Waals surface area contributed by atoms with E-state index in [1.165, 1.54) is 0 Å². The molecule has 0 aliphatic rings. The van der Waals surface area contributed by atoms with Crippen LogP contribution < -0.4 is 5.73 Å². The molecule has 2 N–H and O–H groups in total. The van der Waals surface area contributed by atoms with Gasteiger partial charge in [-0.05, 0) is 0 Å². The van der Waals surface area contributed by atoms with E-state index in [4.69, 9.17) is 0 Å². The standard InChI is InChI=1S/C7H6F9NO/c8-4(9,2-1-3(17)18)5(10,11)6(12,13)7(14,15)16/h1-2H2,(H2,17,18). The number of alkyl halides is 9. The predicted octanol–water partition coefficient (Wildman–Crippen LogP) is 2.72. The summed E-state index contributed by atoms with van der Waals surface area (Å²) in [5.74, 6) is -20.9. The van der Waals surface area contributed by atoms with Gasteiger partial charge in [-0.15, -0.1) is 0 Å². The van der Waals surface area contributed by atoms with Crippen molar-refractivity contribution in [3.8, 4) is 0 Å². The zero-order chi connectivity index (χ0) is 15.0. The van der Waals surface area contributed by atoms with Crippen LogP contribution >= 0.6 is 0 Å². The lowest BCUT2D eigenvalue weighted by atomic mass is 9.99. The molecular weight excluding hydrogens is 285 g/mol. The Kier molecular flexibility index (Phi) is 4.21. The van der Waals surface area contributed by atoms with E-state index in [2.05, 4.69) is 5.73 Å². The molecule has 0 rings (SSSR count). The molecule has 0 radical (unpaired) electrons. The van der Waals surface area contributed by atoms with Gasteiger partial charge in [0, 0.05) is 12.8 Å². The van der Waals surface area contributed by atoms with Crippen LogP contribution in [0.3, 0.4) is 0 Å². The second kappa shape index (κ2) is 4.50. The van der Waals surface area contributed by atoms with Crippen LogP contribution in [0.25, 0.3) is 0 Å². The van der Waals surface area contributed by atoms with Gasteiger partial charge in [-0.25, -0.2) is 0 Å². The van der Waals surface area contributed by atoms with Gasteiger partial charge < -0.3 is 5.73 Å². The van der Waals surface area contributed by atoms with E-state index >= 15 is 0 Å². The SMILES string of the molecule is NC(=O)CCC(F)(F)C(F)(F)C(F)(F)C(F)(F)F. The van der Waals surface area contributed by atoms with Crippen LogP contribution in [0.15, 0.2) is 0 Å². The number of halogens is 9. The molecule has 0 atom stereocenters. The number of amides is 1. The van der Waals surface area contributed by atoms with Crippen molar-refractivity contribution in [3.63, 3.8) is 0 Å². The van der Waals surface area contributed by atoms with Crippen molar-refractivity contribution in [1.82, 2.24) is 0 Å². The van der Waals surface area contributed by atoms with Crippen molar-refractivity contribution in [2.45, 2.75) is 36.8 Å². The Morgan fingerprint density at radius 2 is 1.22 bits per heavy atom. The van der Waals surface area contributed by atoms with E-state index < -0.39 is 42.7 Å². The highest BCUT2D eigenvalue weighted by molar-refractivity contribution is 5.73. The average molecular weight is 291 g/mol. The molecule has 1 amide bonds. The molecule has 0 spiro atoms. The fourth-order valence-electron chi connectivity index (χ4n) is 0.845. The molecule has 0 bridgehead atoms. The van der Waals surface area contributed by atoms with Gasteiger partial charge in [0.1, 0.15) is 0 Å². The number of rotatable bonds is 5. The zero-order valence-corrected chi connectivity index (χ0v) is 8.30. The second-order valence-electron chi connectivity index (χ2n) is 3.32. The highest BCUT2D eigenvalue weighted by atomic mass is 19.4. The van der Waals surface area contributed by atoms with E-state index in [1.807, 2.05) is 0 Å². The first-order valence-corrected chi connectivity index (χ1v) is 4.15. The van der Waals surface area contributed by atoms with Gasteiger partial charge in [0.05, 0.1) is 0 Å². The minimum atomic E-state index is -6.93. The lowest BCUT2D eigenvalue weighted by Gasteiger charge is -2.33. The third-order valence-corrected chi connectivity index (χ3v) is 1.90. The molecule has 11 heteroatoms. The van der Waals surface area contributed by atoms with Crippen LogP contribution in [0.4, 0.5) is 39.5 Å². The highest BCUT2D eigenvalue weighted by Crippen LogP contribution is 2.54. The Labute approximate surface area is 93.9 Å². The smallest absolute Gasteiger partial charge is 0.370 e. The van der Waals surface area contributed by atoms with E-state index in [0.717, 1.165) is 0 Å². The largest absolute Gasteiger partial charge is 0.460 e. The van der Waals surface area contributed by atoms with Crippen molar-refractivity contribution in [2.24, 2.45) is 5.73 Å². The van der Waals surface area contributed by atoms with Gasteiger partial charge in [-0.3, -0.25) is 4.79 Å². The lowest BCUT2D eigenvalue weighted by Crippen LogP contribution is -2.60. The molecule has 0 unspecified atom stereocenters. The molecule has 0 aromatic rings. The van der Waals surface area contributed by atoms with E-state index in [-0.39, 0.29) is 0 Å². The highest BCUT2D eigenvalue weighted by Gasteiger charge is 2.81. The van der Waals surface area contributed by atoms with Crippen molar-refractivity contribution in [2.75, 3.05) is 0 Å². The summed E-state index contributed by atoms with van der Waals surface area (Å²) in [5, 5.41) is 0. The minimum Gasteiger partial charge on any atom is -0.370 e. The van der Waals surface area contributed by atoms with Gasteiger partial charge in [-0.1, -0.05) is 0 Å². The summed E-state index contributed by atoms with van der Waals surface area (Å²) in [4.78, 5) is 10.1. The van der Waals surface area contributed by atoms with Crippen molar-refractivity contribution < 1.29 is 44.3 Å². The number of hydrogen-bond donors (Lipinski definition) is 1. The Morgan fingerprint density at radius 1 is 0.833 bits per heavy atom. The first-order valence-electron chi connectivity index (χ1n) is 4.15. The van der Waals surface area contributed by atoms with Crippen LogP contribution in [-0.2, 0) is 4.79 Å². The first kappa shape index (κ1) is 16.8. The van der Waals surface area contributed by atoms with E-state index in [0.29, 0.717) is 0 Å². The third-order valence-electron chi connectivity index (χ3n) is 1.90. The number of primary amides is 1. The maximum absolute atomic E-state index is 12.7. The molecule has 0 aromatic carbocycles. The van der Waals surface area contributed by atoms with Gasteiger partial charge in [-0.2, -0.15) is 39.5 Å². The minimum absolute atomic E-state index is 1.46. The first-order chi connectivity index (χ1) is 7.67. The van der Waals surface area contributed by atoms with E-state index in [1.54, 1.807) is 0 Å². The van der Waals surface area contributed by atoms with Crippen LogP contribution in [0.1, 0.15) is 12.8 Å². The monoisotopic (exact) mass is 291 g/mol. The molecule has 0 aromatic heterocycles. The summed E-state index contributed by atoms with van der Waals surface area (Å²) < 4.78 is 110. The molecule has 2 nitrogen and oxygen atoms in total. The number of hydrogen-bond acceptors (Lipinski definition) is 1. The summed E-state index contributed by atoms with van der Waals surface area (Å²) in [5.41, 5.74) is 4.31. The molecule has 0 aliphatic carbocycles. The molecule has 0 heterocycles. The van der Waals surface area contributed by atoms with Gasteiger partial charge in [0.25, 0.3) is 0 Å². The van der Waals surface area contributed by atoms with E-state index in [9.17, 15) is 44.3 Å². The molecule has 0 saturated carbocycles. The summed E-state index contributed by atoms with van der Waals surface area (Å²) >= 11 is 0. The molecule has 108 valence electrons. The molecule has 0 fully saturated rings. The quantitative estimate of drug-likeness (QED) is 0.778. The Morgan fingerprint density at radius 3 is 1.50 bits per heavy atom. The summed E-state index contributed by atoms with van der Waals surface area (Å²) in [6.45, 7) is 0. The summed E-state index contributed by atoms with van der Waals surface area (Å²) in [6.07, 6.45) is -10.5. The molecule has 0 aliphatic heterocycles. The van der Waals surface area contributed by atoms with Gasteiger partial charge >= 0.3 is 23.9 Å². The molecule has 0 saturated heterocycles. The number of carbonyl (C=O) groups excluding carboxylic acids is 1. The number of nitrogens with two attached hydrogens (primary N) is 1. The summed E-state index contributed by atoms with van der Waals surface area (Å²) in [7, 11) is 0. The Hall–Kier alpha value is -1.16. The van der Waals surface area contributed by atoms with Gasteiger partial charge in [0.2, 0.25) is 5.91 Å². The molecule has 18 heavy (non-hydrogen) atoms. The maximum atomic E-state index is 12.7.